The third-order valence-corrected chi connectivity index (χ3v) is 3.56. The molecule has 2 amide bonds. The molecule has 0 radical (unpaired) electrons. The Morgan fingerprint density at radius 3 is 2.77 bits per heavy atom. The molecule has 1 atom stereocenters. The third-order valence-electron chi connectivity index (χ3n) is 3.56. The van der Waals surface area contributed by atoms with E-state index in [0.717, 1.165) is 12.2 Å². The lowest BCUT2D eigenvalue weighted by atomic mass is 10.0. The Labute approximate surface area is 131 Å². The van der Waals surface area contributed by atoms with Crippen LogP contribution in [-0.4, -0.2) is 49.9 Å². The average Bonchev–Trinajstić information content (AvgIpc) is 2.49. The molecule has 2 rings (SSSR count). The van der Waals surface area contributed by atoms with Crippen LogP contribution < -0.4 is 10.2 Å². The fourth-order valence-electron chi connectivity index (χ4n) is 2.44. The minimum atomic E-state index is -0.103. The van der Waals surface area contributed by atoms with Crippen molar-refractivity contribution in [3.8, 4) is 0 Å². The maximum atomic E-state index is 12.1. The molecule has 1 aromatic carbocycles. The van der Waals surface area contributed by atoms with Gasteiger partial charge in [-0.1, -0.05) is 24.3 Å². The molecule has 1 unspecified atom stereocenters. The van der Waals surface area contributed by atoms with Gasteiger partial charge in [0.1, 0.15) is 0 Å². The van der Waals surface area contributed by atoms with E-state index in [-0.39, 0.29) is 17.9 Å². The van der Waals surface area contributed by atoms with Crippen LogP contribution in [0.4, 0.5) is 5.69 Å². The zero-order valence-electron chi connectivity index (χ0n) is 13.2. The highest BCUT2D eigenvalue weighted by atomic mass is 16.2. The molecule has 1 aliphatic heterocycles. The number of nitrogens with one attached hydrogen (secondary N) is 1. The molecule has 1 aromatic rings. The van der Waals surface area contributed by atoms with Crippen molar-refractivity contribution in [2.24, 2.45) is 0 Å². The van der Waals surface area contributed by atoms with Gasteiger partial charge in [-0.05, 0) is 32.6 Å². The number of hydrogen-bond donors (Lipinski definition) is 1. The fourth-order valence-corrected chi connectivity index (χ4v) is 2.44. The minimum absolute atomic E-state index is 0.00517. The van der Waals surface area contributed by atoms with Gasteiger partial charge in [0.15, 0.2) is 0 Å². The largest absolute Gasteiger partial charge is 0.348 e. The van der Waals surface area contributed by atoms with Crippen molar-refractivity contribution in [3.05, 3.63) is 42.5 Å². The smallest absolute Gasteiger partial charge is 0.243 e. The number of anilines is 1. The molecule has 1 aliphatic rings. The van der Waals surface area contributed by atoms with Gasteiger partial charge in [-0.3, -0.25) is 9.59 Å². The second-order valence-corrected chi connectivity index (χ2v) is 5.75. The summed E-state index contributed by atoms with van der Waals surface area (Å²) in [7, 11) is 3.90. The predicted molar refractivity (Wildman–Crippen MR) is 87.7 cm³/mol. The maximum absolute atomic E-state index is 12.1. The predicted octanol–water partition coefficient (Wildman–Crippen LogP) is 1.42. The molecule has 0 spiro atoms. The van der Waals surface area contributed by atoms with Gasteiger partial charge in [-0.2, -0.15) is 0 Å². The van der Waals surface area contributed by atoms with E-state index >= 15 is 0 Å². The first-order valence-electron chi connectivity index (χ1n) is 7.53. The molecule has 0 bridgehead atoms. The van der Waals surface area contributed by atoms with E-state index in [2.05, 4.69) is 5.32 Å². The molecule has 118 valence electrons. The van der Waals surface area contributed by atoms with Gasteiger partial charge >= 0.3 is 0 Å². The Balaban J connectivity index is 1.92. The molecule has 1 fully saturated rings. The molecular formula is C17H23N3O2. The van der Waals surface area contributed by atoms with Gasteiger partial charge in [-0.15, -0.1) is 0 Å². The summed E-state index contributed by atoms with van der Waals surface area (Å²) in [5.74, 6) is 0.00839. The van der Waals surface area contributed by atoms with Crippen LogP contribution in [0.2, 0.25) is 0 Å². The number of piperidine rings is 1. The first-order chi connectivity index (χ1) is 10.6. The zero-order valence-corrected chi connectivity index (χ0v) is 13.2. The number of nitrogens with zero attached hydrogens (tertiary/aromatic N) is 2. The van der Waals surface area contributed by atoms with Crippen molar-refractivity contribution in [1.29, 1.82) is 0 Å². The standard InChI is InChI=1S/C17H23N3O2/c1-19(2)12-6-9-16(21)18-14-10-11-17(22)20(13-14)15-7-4-3-5-8-15/h3-9,14H,10-13H2,1-2H3,(H,18,21)/b9-6+. The number of benzene rings is 1. The Hall–Kier alpha value is -2.14. The Morgan fingerprint density at radius 1 is 1.36 bits per heavy atom. The third kappa shape index (κ3) is 4.70. The van der Waals surface area contributed by atoms with Crippen LogP contribution in [0, 0.1) is 0 Å². The number of carbonyl (C=O) groups excluding carboxylic acids is 2. The van der Waals surface area contributed by atoms with Crippen LogP contribution in [-0.2, 0) is 9.59 Å². The highest BCUT2D eigenvalue weighted by Gasteiger charge is 2.27. The van der Waals surface area contributed by atoms with Crippen LogP contribution in [0.1, 0.15) is 12.8 Å². The normalized spacial score (nSPS) is 19.0. The van der Waals surface area contributed by atoms with Crippen LogP contribution in [0.3, 0.4) is 0 Å². The van der Waals surface area contributed by atoms with E-state index in [1.165, 1.54) is 0 Å². The molecule has 0 aliphatic carbocycles. The molecule has 5 heteroatoms. The lowest BCUT2D eigenvalue weighted by molar-refractivity contribution is -0.121. The van der Waals surface area contributed by atoms with Gasteiger partial charge in [0, 0.05) is 37.3 Å². The van der Waals surface area contributed by atoms with Crippen LogP contribution >= 0.6 is 0 Å². The lowest BCUT2D eigenvalue weighted by Crippen LogP contribution is -2.50. The van der Waals surface area contributed by atoms with Crippen molar-refractivity contribution < 1.29 is 9.59 Å². The van der Waals surface area contributed by atoms with Gasteiger partial charge in [0.25, 0.3) is 0 Å². The number of hydrogen-bond acceptors (Lipinski definition) is 3. The summed E-state index contributed by atoms with van der Waals surface area (Å²) >= 11 is 0. The summed E-state index contributed by atoms with van der Waals surface area (Å²) in [6, 6.07) is 9.57. The summed E-state index contributed by atoms with van der Waals surface area (Å²) in [6.45, 7) is 1.25. The molecule has 1 N–H and O–H groups in total. The van der Waals surface area contributed by atoms with Crippen LogP contribution in [0.15, 0.2) is 42.5 Å². The number of carbonyl (C=O) groups is 2. The summed E-state index contributed by atoms with van der Waals surface area (Å²) in [5, 5.41) is 2.97. The van der Waals surface area contributed by atoms with Crippen LogP contribution in [0.25, 0.3) is 0 Å². The summed E-state index contributed by atoms with van der Waals surface area (Å²) in [5.41, 5.74) is 0.884. The molecule has 1 saturated heterocycles. The first-order valence-corrected chi connectivity index (χ1v) is 7.53. The van der Waals surface area contributed by atoms with Crippen molar-refractivity contribution in [3.63, 3.8) is 0 Å². The second kappa shape index (κ2) is 7.75. The van der Waals surface area contributed by atoms with Gasteiger partial charge in [0.05, 0.1) is 0 Å². The van der Waals surface area contributed by atoms with Gasteiger partial charge < -0.3 is 15.1 Å². The summed E-state index contributed by atoms with van der Waals surface area (Å²) < 4.78 is 0. The molecule has 0 aromatic heterocycles. The molecular weight excluding hydrogens is 278 g/mol. The first kappa shape index (κ1) is 16.2. The maximum Gasteiger partial charge on any atom is 0.243 e. The lowest BCUT2D eigenvalue weighted by Gasteiger charge is -2.32. The quantitative estimate of drug-likeness (QED) is 0.837. The number of rotatable bonds is 5. The molecule has 22 heavy (non-hydrogen) atoms. The van der Waals surface area contributed by atoms with Gasteiger partial charge in [-0.25, -0.2) is 0 Å². The van der Waals surface area contributed by atoms with Crippen molar-refractivity contribution in [2.75, 3.05) is 32.1 Å². The van der Waals surface area contributed by atoms with E-state index in [0.29, 0.717) is 19.4 Å². The van der Waals surface area contributed by atoms with Crippen molar-refractivity contribution in [2.45, 2.75) is 18.9 Å². The Bertz CT molecular complexity index is 540. The zero-order chi connectivity index (χ0) is 15.9. The highest BCUT2D eigenvalue weighted by Crippen LogP contribution is 2.20. The number of para-hydroxylation sites is 1. The molecule has 5 nitrogen and oxygen atoms in total. The SMILES string of the molecule is CN(C)C/C=C/C(=O)NC1CCC(=O)N(c2ccccc2)C1. The van der Waals surface area contributed by atoms with Crippen LogP contribution in [0.5, 0.6) is 0 Å². The van der Waals surface area contributed by atoms with E-state index < -0.39 is 0 Å². The topological polar surface area (TPSA) is 52.7 Å². The minimum Gasteiger partial charge on any atom is -0.348 e. The molecule has 0 saturated carbocycles. The Morgan fingerprint density at radius 2 is 2.09 bits per heavy atom. The van der Waals surface area contributed by atoms with E-state index in [9.17, 15) is 9.59 Å². The molecule has 1 heterocycles. The average molecular weight is 301 g/mol. The number of amides is 2. The summed E-state index contributed by atoms with van der Waals surface area (Å²) in [4.78, 5) is 27.7. The summed E-state index contributed by atoms with van der Waals surface area (Å²) in [6.07, 6.45) is 4.54. The van der Waals surface area contributed by atoms with Crippen molar-refractivity contribution >= 4 is 17.5 Å². The van der Waals surface area contributed by atoms with Crippen molar-refractivity contribution in [1.82, 2.24) is 10.2 Å². The van der Waals surface area contributed by atoms with E-state index in [1.54, 1.807) is 11.0 Å². The monoisotopic (exact) mass is 301 g/mol. The fraction of sp³-hybridized carbons (Fsp3) is 0.412. The second-order valence-electron chi connectivity index (χ2n) is 5.75. The van der Waals surface area contributed by atoms with E-state index in [1.807, 2.05) is 55.4 Å². The van der Waals surface area contributed by atoms with E-state index in [4.69, 9.17) is 0 Å². The number of likely N-dealkylation sites (N-methyl/N-ethyl adjacent to an activating group) is 1. The Kier molecular flexibility index (Phi) is 5.72. The highest BCUT2D eigenvalue weighted by molar-refractivity contribution is 5.94. The van der Waals surface area contributed by atoms with Gasteiger partial charge in [0.2, 0.25) is 11.8 Å².